The van der Waals surface area contributed by atoms with E-state index < -0.39 is 47.5 Å². The number of fused-ring (bicyclic) bond motifs is 2. The average Bonchev–Trinajstić information content (AvgIpc) is 3.45. The van der Waals surface area contributed by atoms with Crippen molar-refractivity contribution in [2.75, 3.05) is 14.2 Å². The molecule has 1 saturated heterocycles. The monoisotopic (exact) mass is 581 g/mol. The highest BCUT2D eigenvalue weighted by Crippen LogP contribution is 2.43. The summed E-state index contributed by atoms with van der Waals surface area (Å²) in [5.41, 5.74) is -1.32. The van der Waals surface area contributed by atoms with Gasteiger partial charge in [0, 0.05) is 20.2 Å². The lowest BCUT2D eigenvalue weighted by Gasteiger charge is -2.40. The summed E-state index contributed by atoms with van der Waals surface area (Å²) in [4.78, 5) is 56.8. The van der Waals surface area contributed by atoms with Crippen LogP contribution in [0.3, 0.4) is 0 Å². The highest BCUT2D eigenvalue weighted by Gasteiger charge is 2.53. The lowest BCUT2D eigenvalue weighted by molar-refractivity contribution is -0.161. The molecule has 0 radical (unpaired) electrons. The molecule has 236 valence electrons. The van der Waals surface area contributed by atoms with E-state index in [1.165, 1.54) is 7.11 Å². The first-order valence-electron chi connectivity index (χ1n) is 15.1. The van der Waals surface area contributed by atoms with E-state index in [2.05, 4.69) is 5.32 Å². The molecular formula is C31H55N3O7. The van der Waals surface area contributed by atoms with E-state index in [0.29, 0.717) is 0 Å². The maximum atomic E-state index is 14.0. The largest absolute Gasteiger partial charge is 0.460 e. The standard InChI is InChI=1S/C31H55N3O7/c1-13-19(4)25(22(39-12)17-23(35)40-30(5,6)7)33(11)28(37)24(18(2)3)32-27(36)26-20-14-15-21(16-20)34(26)29(38)41-31(8,9)10/h18-22,24-26H,13-17H2,1-12H3,(H,32,36)/t19-,20-,21+,22+,24-,25-,26-/m0/s1. The number of piperidine rings is 1. The molecule has 10 heteroatoms. The van der Waals surface area contributed by atoms with Gasteiger partial charge in [-0.2, -0.15) is 0 Å². The summed E-state index contributed by atoms with van der Waals surface area (Å²) < 4.78 is 16.9. The molecule has 2 bridgehead atoms. The quantitative estimate of drug-likeness (QED) is 0.357. The van der Waals surface area contributed by atoms with Crippen molar-refractivity contribution in [2.45, 2.75) is 143 Å². The Morgan fingerprint density at radius 3 is 2.05 bits per heavy atom. The number of hydrogen-bond acceptors (Lipinski definition) is 7. The average molecular weight is 582 g/mol. The van der Waals surface area contributed by atoms with Crippen LogP contribution in [0, 0.1) is 17.8 Å². The van der Waals surface area contributed by atoms with Gasteiger partial charge in [-0.1, -0.05) is 34.1 Å². The fourth-order valence-corrected chi connectivity index (χ4v) is 6.15. The SMILES string of the molecule is CC[C@H](C)[C@@H]([C@@H](CC(=O)OC(C)(C)C)OC)N(C)C(=O)[C@@H](NC(=O)[C@@H]1[C@H]2CC[C@H](C2)N1C(=O)OC(C)(C)C)C(C)C. The summed E-state index contributed by atoms with van der Waals surface area (Å²) in [5.74, 6) is -1.17. The Morgan fingerprint density at radius 2 is 1.56 bits per heavy atom. The van der Waals surface area contributed by atoms with Crippen molar-refractivity contribution in [1.29, 1.82) is 0 Å². The molecule has 0 unspecified atom stereocenters. The van der Waals surface area contributed by atoms with Crippen LogP contribution in [0.4, 0.5) is 4.79 Å². The predicted molar refractivity (Wildman–Crippen MR) is 157 cm³/mol. The number of rotatable bonds is 11. The zero-order valence-corrected chi connectivity index (χ0v) is 27.4. The molecule has 2 fully saturated rings. The summed E-state index contributed by atoms with van der Waals surface area (Å²) in [5, 5.41) is 3.00. The fraction of sp³-hybridized carbons (Fsp3) is 0.871. The number of nitrogens with zero attached hydrogens (tertiary/aromatic N) is 2. The summed E-state index contributed by atoms with van der Waals surface area (Å²) in [7, 11) is 3.23. The minimum absolute atomic E-state index is 0.00487. The molecule has 1 aliphatic carbocycles. The smallest absolute Gasteiger partial charge is 0.411 e. The summed E-state index contributed by atoms with van der Waals surface area (Å²) in [6, 6.07) is -1.96. The van der Waals surface area contributed by atoms with Gasteiger partial charge in [0.1, 0.15) is 23.3 Å². The van der Waals surface area contributed by atoms with Crippen molar-refractivity contribution in [1.82, 2.24) is 15.1 Å². The Labute approximate surface area is 247 Å². The van der Waals surface area contributed by atoms with Gasteiger partial charge >= 0.3 is 12.1 Å². The number of carbonyl (C=O) groups is 4. The van der Waals surface area contributed by atoms with E-state index >= 15 is 0 Å². The highest BCUT2D eigenvalue weighted by molar-refractivity contribution is 5.92. The molecule has 7 atom stereocenters. The van der Waals surface area contributed by atoms with E-state index in [1.54, 1.807) is 37.6 Å². The molecule has 2 rings (SSSR count). The zero-order valence-electron chi connectivity index (χ0n) is 27.4. The number of amides is 3. The van der Waals surface area contributed by atoms with Crippen LogP contribution in [-0.4, -0.2) is 89.3 Å². The number of nitrogens with one attached hydrogen (secondary N) is 1. The molecule has 1 aliphatic heterocycles. The maximum Gasteiger partial charge on any atom is 0.411 e. The topological polar surface area (TPSA) is 114 Å². The number of ether oxygens (including phenoxy) is 3. The Hall–Kier alpha value is -2.36. The molecule has 10 nitrogen and oxygen atoms in total. The van der Waals surface area contributed by atoms with Crippen molar-refractivity contribution in [3.63, 3.8) is 0 Å². The first kappa shape index (κ1) is 34.8. The minimum Gasteiger partial charge on any atom is -0.460 e. The van der Waals surface area contributed by atoms with Crippen LogP contribution in [0.5, 0.6) is 0 Å². The molecule has 2 aliphatic rings. The Morgan fingerprint density at radius 1 is 0.976 bits per heavy atom. The van der Waals surface area contributed by atoms with Gasteiger partial charge in [0.05, 0.1) is 18.6 Å². The molecular weight excluding hydrogens is 526 g/mol. The molecule has 0 aromatic rings. The van der Waals surface area contributed by atoms with E-state index in [-0.39, 0.29) is 42.0 Å². The van der Waals surface area contributed by atoms with Crippen LogP contribution in [-0.2, 0) is 28.6 Å². The lowest BCUT2D eigenvalue weighted by Crippen LogP contribution is -2.60. The molecule has 0 aromatic heterocycles. The molecule has 0 aromatic carbocycles. The molecule has 1 N–H and O–H groups in total. The predicted octanol–water partition coefficient (Wildman–Crippen LogP) is 4.54. The number of likely N-dealkylation sites (tertiary alicyclic amines) is 1. The fourth-order valence-electron chi connectivity index (χ4n) is 6.15. The Balaban J connectivity index is 2.27. The molecule has 1 heterocycles. The Kier molecular flexibility index (Phi) is 11.7. The van der Waals surface area contributed by atoms with Crippen LogP contribution in [0.1, 0.15) is 101 Å². The Bertz CT molecular complexity index is 939. The number of methoxy groups -OCH3 is 1. The van der Waals surface area contributed by atoms with Gasteiger partial charge in [0.2, 0.25) is 11.8 Å². The molecule has 41 heavy (non-hydrogen) atoms. The van der Waals surface area contributed by atoms with Crippen LogP contribution >= 0.6 is 0 Å². The van der Waals surface area contributed by atoms with Gasteiger partial charge in [0.25, 0.3) is 0 Å². The zero-order chi connectivity index (χ0) is 31.4. The van der Waals surface area contributed by atoms with Crippen molar-refractivity contribution >= 4 is 23.9 Å². The van der Waals surface area contributed by atoms with Gasteiger partial charge in [-0.25, -0.2) is 4.79 Å². The van der Waals surface area contributed by atoms with E-state index in [9.17, 15) is 19.2 Å². The van der Waals surface area contributed by atoms with E-state index in [4.69, 9.17) is 14.2 Å². The third-order valence-corrected chi connectivity index (χ3v) is 8.18. The van der Waals surface area contributed by atoms with E-state index in [0.717, 1.165) is 25.7 Å². The van der Waals surface area contributed by atoms with Crippen LogP contribution in [0.15, 0.2) is 0 Å². The third-order valence-electron chi connectivity index (χ3n) is 8.18. The maximum absolute atomic E-state index is 14.0. The van der Waals surface area contributed by atoms with E-state index in [1.807, 2.05) is 48.5 Å². The van der Waals surface area contributed by atoms with Crippen molar-refractivity contribution < 1.29 is 33.4 Å². The van der Waals surface area contributed by atoms with Crippen molar-refractivity contribution in [3.05, 3.63) is 0 Å². The number of hydrogen-bond donors (Lipinski definition) is 1. The second-order valence-corrected chi connectivity index (χ2v) is 14.2. The molecule has 0 spiro atoms. The number of likely N-dealkylation sites (N-methyl/N-ethyl adjacent to an activating group) is 1. The summed E-state index contributed by atoms with van der Waals surface area (Å²) in [6.45, 7) is 18.7. The first-order chi connectivity index (χ1) is 18.8. The molecule has 3 amide bonds. The summed E-state index contributed by atoms with van der Waals surface area (Å²) >= 11 is 0. The minimum atomic E-state index is -0.822. The van der Waals surface area contributed by atoms with Gasteiger partial charge < -0.3 is 24.4 Å². The van der Waals surface area contributed by atoms with Crippen LogP contribution < -0.4 is 5.32 Å². The van der Waals surface area contributed by atoms with Crippen LogP contribution in [0.25, 0.3) is 0 Å². The normalized spacial score (nSPS) is 23.5. The highest BCUT2D eigenvalue weighted by atomic mass is 16.6. The first-order valence-corrected chi connectivity index (χ1v) is 15.1. The summed E-state index contributed by atoms with van der Waals surface area (Å²) in [6.07, 6.45) is 2.13. The second-order valence-electron chi connectivity index (χ2n) is 14.2. The number of carbonyl (C=O) groups excluding carboxylic acids is 4. The van der Waals surface area contributed by atoms with Crippen molar-refractivity contribution in [2.24, 2.45) is 17.8 Å². The molecule has 1 saturated carbocycles. The van der Waals surface area contributed by atoms with Gasteiger partial charge in [-0.15, -0.1) is 0 Å². The lowest BCUT2D eigenvalue weighted by atomic mass is 9.89. The van der Waals surface area contributed by atoms with Gasteiger partial charge in [0.15, 0.2) is 0 Å². The third kappa shape index (κ3) is 9.06. The second kappa shape index (κ2) is 13.7. The number of esters is 1. The van der Waals surface area contributed by atoms with Gasteiger partial charge in [-0.05, 0) is 78.6 Å². The van der Waals surface area contributed by atoms with Crippen LogP contribution in [0.2, 0.25) is 0 Å². The van der Waals surface area contributed by atoms with Gasteiger partial charge in [-0.3, -0.25) is 19.3 Å². The van der Waals surface area contributed by atoms with Crippen molar-refractivity contribution in [3.8, 4) is 0 Å².